The minimum absolute atomic E-state index is 0.779. The van der Waals surface area contributed by atoms with E-state index in [0.29, 0.717) is 0 Å². The zero-order chi connectivity index (χ0) is 9.52. The molecule has 13 heavy (non-hydrogen) atoms. The Hall–Kier alpha value is -0.610. The summed E-state index contributed by atoms with van der Waals surface area (Å²) in [6, 6.07) is 0. The molecule has 1 heterocycles. The molecule has 1 fully saturated rings. The summed E-state index contributed by atoms with van der Waals surface area (Å²) in [6.07, 6.45) is 2.02. The maximum absolute atomic E-state index is 10.5. The highest BCUT2D eigenvalue weighted by Crippen LogP contribution is 2.00. The van der Waals surface area contributed by atoms with Gasteiger partial charge in [-0.3, -0.25) is 9.69 Å². The smallest absolute Gasteiger partial charge is 0.209 e. The quantitative estimate of drug-likeness (QED) is 0.570. The van der Waals surface area contributed by atoms with Gasteiger partial charge < -0.3 is 9.64 Å². The van der Waals surface area contributed by atoms with Gasteiger partial charge in [-0.2, -0.15) is 0 Å². The summed E-state index contributed by atoms with van der Waals surface area (Å²) in [5.41, 5.74) is 0. The second kappa shape index (κ2) is 5.94. The van der Waals surface area contributed by atoms with E-state index < -0.39 is 0 Å². The van der Waals surface area contributed by atoms with Gasteiger partial charge in [-0.1, -0.05) is 0 Å². The van der Waals surface area contributed by atoms with E-state index in [2.05, 4.69) is 4.90 Å². The first-order valence-corrected chi connectivity index (χ1v) is 4.77. The molecule has 0 radical (unpaired) electrons. The Morgan fingerprint density at radius 1 is 1.31 bits per heavy atom. The van der Waals surface area contributed by atoms with E-state index in [1.54, 1.807) is 7.11 Å². The van der Waals surface area contributed by atoms with Crippen LogP contribution in [0.3, 0.4) is 0 Å². The van der Waals surface area contributed by atoms with Crippen LogP contribution in [0.4, 0.5) is 0 Å². The van der Waals surface area contributed by atoms with Crippen molar-refractivity contribution in [3.8, 4) is 0 Å². The maximum atomic E-state index is 10.5. The molecule has 0 aromatic heterocycles. The number of amides is 1. The Labute approximate surface area is 79.4 Å². The molecule has 1 rings (SSSR count). The third-order valence-corrected chi connectivity index (χ3v) is 2.38. The summed E-state index contributed by atoms with van der Waals surface area (Å²) in [7, 11) is 1.72. The third kappa shape index (κ3) is 3.74. The Balaban J connectivity index is 2.23. The molecule has 1 aliphatic heterocycles. The highest BCUT2D eigenvalue weighted by molar-refractivity contribution is 5.46. The fourth-order valence-corrected chi connectivity index (χ4v) is 1.54. The van der Waals surface area contributed by atoms with Crippen molar-refractivity contribution >= 4 is 6.41 Å². The second-order valence-electron chi connectivity index (χ2n) is 3.33. The van der Waals surface area contributed by atoms with Gasteiger partial charge in [0.2, 0.25) is 6.41 Å². The van der Waals surface area contributed by atoms with Gasteiger partial charge >= 0.3 is 0 Å². The van der Waals surface area contributed by atoms with Gasteiger partial charge in [0, 0.05) is 33.3 Å². The first kappa shape index (κ1) is 10.5. The highest BCUT2D eigenvalue weighted by atomic mass is 16.5. The van der Waals surface area contributed by atoms with Crippen LogP contribution in [0.5, 0.6) is 0 Å². The molecule has 0 atom stereocenters. The number of methoxy groups -OCH3 is 1. The average Bonchev–Trinajstić information content (AvgIpc) is 2.39. The predicted molar refractivity (Wildman–Crippen MR) is 50.6 cm³/mol. The molecule has 1 aliphatic rings. The van der Waals surface area contributed by atoms with Gasteiger partial charge in [0.1, 0.15) is 0 Å². The molecular formula is C9H18N2O2. The monoisotopic (exact) mass is 186 g/mol. The molecule has 0 saturated carbocycles. The Bertz CT molecular complexity index is 153. The Morgan fingerprint density at radius 3 is 2.85 bits per heavy atom. The number of carbonyl (C=O) groups is 1. The lowest BCUT2D eigenvalue weighted by atomic mass is 10.4. The molecule has 0 aromatic carbocycles. The van der Waals surface area contributed by atoms with Crippen LogP contribution < -0.4 is 0 Å². The molecule has 0 N–H and O–H groups in total. The topological polar surface area (TPSA) is 32.8 Å². The zero-order valence-corrected chi connectivity index (χ0v) is 8.24. The van der Waals surface area contributed by atoms with E-state index in [-0.39, 0.29) is 0 Å². The number of carbonyl (C=O) groups excluding carboxylic acids is 1. The van der Waals surface area contributed by atoms with Crippen molar-refractivity contribution < 1.29 is 9.53 Å². The summed E-state index contributed by atoms with van der Waals surface area (Å²) in [4.78, 5) is 14.7. The van der Waals surface area contributed by atoms with Crippen LogP contribution >= 0.6 is 0 Å². The Kier molecular flexibility index (Phi) is 4.78. The van der Waals surface area contributed by atoms with E-state index in [9.17, 15) is 4.79 Å². The van der Waals surface area contributed by atoms with E-state index in [4.69, 9.17) is 4.74 Å². The minimum atomic E-state index is 0.779. The molecule has 0 aromatic rings. The number of hydrogen-bond donors (Lipinski definition) is 0. The van der Waals surface area contributed by atoms with Gasteiger partial charge in [-0.15, -0.1) is 0 Å². The highest BCUT2D eigenvalue weighted by Gasteiger charge is 2.12. The third-order valence-electron chi connectivity index (χ3n) is 2.38. The largest absolute Gasteiger partial charge is 0.383 e. The SMILES string of the molecule is COCCN1CCCN(C=O)CC1. The van der Waals surface area contributed by atoms with Gasteiger partial charge in [-0.25, -0.2) is 0 Å². The lowest BCUT2D eigenvalue weighted by Gasteiger charge is -2.19. The normalized spacial score (nSPS) is 19.9. The van der Waals surface area contributed by atoms with E-state index in [0.717, 1.165) is 52.2 Å². The van der Waals surface area contributed by atoms with Gasteiger partial charge in [0.15, 0.2) is 0 Å². The molecule has 0 aliphatic carbocycles. The van der Waals surface area contributed by atoms with Crippen molar-refractivity contribution in [2.75, 3.05) is 46.4 Å². The molecule has 1 saturated heterocycles. The summed E-state index contributed by atoms with van der Waals surface area (Å²) in [6.45, 7) is 5.56. The minimum Gasteiger partial charge on any atom is -0.383 e. The van der Waals surface area contributed by atoms with Crippen LogP contribution in [0.25, 0.3) is 0 Å². The van der Waals surface area contributed by atoms with Crippen molar-refractivity contribution in [1.82, 2.24) is 9.80 Å². The van der Waals surface area contributed by atoms with Crippen LogP contribution in [0, 0.1) is 0 Å². The number of hydrogen-bond acceptors (Lipinski definition) is 3. The van der Waals surface area contributed by atoms with Crippen molar-refractivity contribution in [3.05, 3.63) is 0 Å². The first-order valence-electron chi connectivity index (χ1n) is 4.77. The summed E-state index contributed by atoms with van der Waals surface area (Å²) in [5.74, 6) is 0. The van der Waals surface area contributed by atoms with E-state index in [1.165, 1.54) is 0 Å². The molecule has 76 valence electrons. The van der Waals surface area contributed by atoms with Crippen LogP contribution in [0.2, 0.25) is 0 Å². The molecule has 4 heteroatoms. The van der Waals surface area contributed by atoms with Gasteiger partial charge in [-0.05, 0) is 13.0 Å². The molecule has 0 bridgehead atoms. The zero-order valence-electron chi connectivity index (χ0n) is 8.24. The van der Waals surface area contributed by atoms with Crippen molar-refractivity contribution in [2.24, 2.45) is 0 Å². The summed E-state index contributed by atoms with van der Waals surface area (Å²) >= 11 is 0. The molecule has 1 amide bonds. The molecule has 4 nitrogen and oxygen atoms in total. The van der Waals surface area contributed by atoms with Crippen LogP contribution in [0.1, 0.15) is 6.42 Å². The van der Waals surface area contributed by atoms with Gasteiger partial charge in [0.05, 0.1) is 6.61 Å². The molecular weight excluding hydrogens is 168 g/mol. The Morgan fingerprint density at radius 2 is 2.15 bits per heavy atom. The lowest BCUT2D eigenvalue weighted by molar-refractivity contribution is -0.118. The average molecular weight is 186 g/mol. The number of nitrogens with zero attached hydrogens (tertiary/aromatic N) is 2. The molecule has 0 spiro atoms. The predicted octanol–water partition coefficient (Wildman–Crippen LogP) is -0.203. The van der Waals surface area contributed by atoms with Crippen molar-refractivity contribution in [3.63, 3.8) is 0 Å². The van der Waals surface area contributed by atoms with Crippen molar-refractivity contribution in [1.29, 1.82) is 0 Å². The number of rotatable bonds is 4. The number of ether oxygens (including phenoxy) is 1. The van der Waals surface area contributed by atoms with Crippen LogP contribution in [-0.4, -0.2) is 62.7 Å². The fraction of sp³-hybridized carbons (Fsp3) is 0.889. The van der Waals surface area contributed by atoms with E-state index >= 15 is 0 Å². The van der Waals surface area contributed by atoms with Crippen LogP contribution in [-0.2, 0) is 9.53 Å². The van der Waals surface area contributed by atoms with Crippen molar-refractivity contribution in [2.45, 2.75) is 6.42 Å². The first-order chi connectivity index (χ1) is 6.36. The lowest BCUT2D eigenvalue weighted by Crippen LogP contribution is -2.32. The van der Waals surface area contributed by atoms with Gasteiger partial charge in [0.25, 0.3) is 0 Å². The van der Waals surface area contributed by atoms with Crippen LogP contribution in [0.15, 0.2) is 0 Å². The second-order valence-corrected chi connectivity index (χ2v) is 3.33. The summed E-state index contributed by atoms with van der Waals surface area (Å²) < 4.78 is 5.01. The maximum Gasteiger partial charge on any atom is 0.209 e. The molecule has 0 unspecified atom stereocenters. The summed E-state index contributed by atoms with van der Waals surface area (Å²) in [5, 5.41) is 0. The fourth-order valence-electron chi connectivity index (χ4n) is 1.54. The standard InChI is InChI=1S/C9H18N2O2/c1-13-8-7-10-3-2-4-11(9-12)6-5-10/h9H,2-8H2,1H3. The van der Waals surface area contributed by atoms with E-state index in [1.807, 2.05) is 4.90 Å².